The molecule has 146 valence electrons. The molecule has 0 bridgehead atoms. The predicted molar refractivity (Wildman–Crippen MR) is 91.1 cm³/mol. The van der Waals surface area contributed by atoms with Crippen molar-refractivity contribution in [2.24, 2.45) is 0 Å². The molecule has 0 radical (unpaired) electrons. The molecular formula is C17H22F3NO4S. The number of ether oxygens (including phenoxy) is 1. The van der Waals surface area contributed by atoms with Gasteiger partial charge in [-0.15, -0.1) is 0 Å². The van der Waals surface area contributed by atoms with Gasteiger partial charge in [-0.25, -0.2) is 17.5 Å². The van der Waals surface area contributed by atoms with Gasteiger partial charge in [0.15, 0.2) is 0 Å². The smallest absolute Gasteiger partial charge is 0.424 e. The average Bonchev–Trinajstić information content (AvgIpc) is 2.44. The molecular weight excluding hydrogens is 371 g/mol. The second-order valence-corrected chi connectivity index (χ2v) is 8.58. The van der Waals surface area contributed by atoms with Crippen molar-refractivity contribution in [2.45, 2.75) is 50.8 Å². The quantitative estimate of drug-likeness (QED) is 0.695. The van der Waals surface area contributed by atoms with Crippen molar-refractivity contribution in [1.82, 2.24) is 4.31 Å². The van der Waals surface area contributed by atoms with Crippen LogP contribution in [0.1, 0.15) is 32.8 Å². The first-order chi connectivity index (χ1) is 11.6. The van der Waals surface area contributed by atoms with Crippen LogP contribution in [0.4, 0.5) is 18.0 Å². The van der Waals surface area contributed by atoms with Crippen LogP contribution in [0.25, 0.3) is 0 Å². The SMILES string of the molecule is C=C(CCN(C(=O)OC(C)(C)C)S(=O)(=O)c1ccc(C)cc1)C(F)(F)F. The maximum absolute atomic E-state index is 12.7. The minimum absolute atomic E-state index is 0.216. The molecule has 0 saturated carbocycles. The number of hydrogen-bond donors (Lipinski definition) is 0. The van der Waals surface area contributed by atoms with E-state index in [-0.39, 0.29) is 4.90 Å². The Hall–Kier alpha value is -2.03. The number of carbonyl (C=O) groups is 1. The standard InChI is InChI=1S/C17H22F3NO4S/c1-12-6-8-14(9-7-12)26(23,24)21(15(22)25-16(3,4)5)11-10-13(2)17(18,19)20/h6-9H,2,10-11H2,1,3-5H3. The molecule has 0 aliphatic carbocycles. The number of rotatable bonds is 5. The summed E-state index contributed by atoms with van der Waals surface area (Å²) in [4.78, 5) is 12.1. The van der Waals surface area contributed by atoms with Crippen LogP contribution in [-0.2, 0) is 14.8 Å². The Kier molecular flexibility index (Phi) is 6.51. The number of hydrogen-bond acceptors (Lipinski definition) is 4. The Labute approximate surface area is 151 Å². The Bertz CT molecular complexity index is 763. The zero-order valence-electron chi connectivity index (χ0n) is 15.1. The molecule has 0 fully saturated rings. The van der Waals surface area contributed by atoms with Crippen LogP contribution in [0, 0.1) is 6.92 Å². The van der Waals surface area contributed by atoms with E-state index in [0.29, 0.717) is 4.31 Å². The van der Waals surface area contributed by atoms with Gasteiger partial charge in [-0.05, 0) is 46.2 Å². The van der Waals surface area contributed by atoms with E-state index in [1.165, 1.54) is 45.0 Å². The zero-order chi connectivity index (χ0) is 20.3. The average molecular weight is 393 g/mol. The lowest BCUT2D eigenvalue weighted by Crippen LogP contribution is -2.41. The van der Waals surface area contributed by atoms with Crippen LogP contribution in [0.15, 0.2) is 41.3 Å². The fourth-order valence-electron chi connectivity index (χ4n) is 1.84. The van der Waals surface area contributed by atoms with E-state index in [1.54, 1.807) is 6.92 Å². The van der Waals surface area contributed by atoms with Gasteiger partial charge in [0.2, 0.25) is 0 Å². The number of aryl methyl sites for hydroxylation is 1. The molecule has 5 nitrogen and oxygen atoms in total. The highest BCUT2D eigenvalue weighted by atomic mass is 32.2. The maximum atomic E-state index is 12.7. The highest BCUT2D eigenvalue weighted by Crippen LogP contribution is 2.28. The van der Waals surface area contributed by atoms with E-state index in [4.69, 9.17) is 4.74 Å². The molecule has 0 spiro atoms. The predicted octanol–water partition coefficient (Wildman–Crippen LogP) is 4.43. The Morgan fingerprint density at radius 2 is 1.65 bits per heavy atom. The molecule has 0 unspecified atom stereocenters. The summed E-state index contributed by atoms with van der Waals surface area (Å²) in [6, 6.07) is 5.60. The van der Waals surface area contributed by atoms with Crippen LogP contribution < -0.4 is 0 Å². The van der Waals surface area contributed by atoms with Gasteiger partial charge in [0.1, 0.15) is 5.60 Å². The fraction of sp³-hybridized carbons (Fsp3) is 0.471. The van der Waals surface area contributed by atoms with Crippen LogP contribution >= 0.6 is 0 Å². The van der Waals surface area contributed by atoms with Gasteiger partial charge in [-0.1, -0.05) is 24.3 Å². The number of nitrogens with zero attached hydrogens (tertiary/aromatic N) is 1. The lowest BCUT2D eigenvalue weighted by Gasteiger charge is -2.27. The molecule has 1 rings (SSSR count). The van der Waals surface area contributed by atoms with E-state index in [0.717, 1.165) is 5.56 Å². The van der Waals surface area contributed by atoms with Crippen molar-refractivity contribution in [2.75, 3.05) is 6.54 Å². The maximum Gasteiger partial charge on any atom is 0.424 e. The van der Waals surface area contributed by atoms with Gasteiger partial charge in [-0.3, -0.25) is 0 Å². The lowest BCUT2D eigenvalue weighted by atomic mass is 10.2. The van der Waals surface area contributed by atoms with Crippen LogP contribution in [0.2, 0.25) is 0 Å². The first-order valence-electron chi connectivity index (χ1n) is 7.72. The summed E-state index contributed by atoms with van der Waals surface area (Å²) in [6.45, 7) is 8.48. The van der Waals surface area contributed by atoms with Crippen molar-refractivity contribution in [1.29, 1.82) is 0 Å². The summed E-state index contributed by atoms with van der Waals surface area (Å²) in [5, 5.41) is 0. The van der Waals surface area contributed by atoms with Crippen molar-refractivity contribution < 1.29 is 31.1 Å². The highest BCUT2D eigenvalue weighted by Gasteiger charge is 2.36. The summed E-state index contributed by atoms with van der Waals surface area (Å²) in [5.74, 6) is 0. The number of alkyl halides is 3. The molecule has 1 aromatic carbocycles. The second-order valence-electron chi connectivity index (χ2n) is 6.72. The molecule has 0 saturated heterocycles. The molecule has 1 aromatic rings. The fourth-order valence-corrected chi connectivity index (χ4v) is 3.14. The van der Waals surface area contributed by atoms with E-state index in [2.05, 4.69) is 6.58 Å². The number of carbonyl (C=O) groups excluding carboxylic acids is 1. The normalized spacial score (nSPS) is 12.6. The molecule has 0 aliphatic rings. The topological polar surface area (TPSA) is 63.7 Å². The second kappa shape index (κ2) is 7.69. The molecule has 0 aliphatic heterocycles. The first kappa shape index (κ1) is 22.0. The van der Waals surface area contributed by atoms with Gasteiger partial charge in [0.05, 0.1) is 4.90 Å². The van der Waals surface area contributed by atoms with Crippen LogP contribution in [0.3, 0.4) is 0 Å². The van der Waals surface area contributed by atoms with Crippen LogP contribution in [0.5, 0.6) is 0 Å². The van der Waals surface area contributed by atoms with Gasteiger partial charge in [-0.2, -0.15) is 13.2 Å². The monoisotopic (exact) mass is 393 g/mol. The summed E-state index contributed by atoms with van der Waals surface area (Å²) in [7, 11) is -4.38. The number of sulfonamides is 1. The highest BCUT2D eigenvalue weighted by molar-refractivity contribution is 7.89. The molecule has 0 aromatic heterocycles. The molecule has 0 heterocycles. The first-order valence-corrected chi connectivity index (χ1v) is 9.16. The van der Waals surface area contributed by atoms with E-state index in [9.17, 15) is 26.4 Å². The third-order valence-corrected chi connectivity index (χ3v) is 5.00. The Balaban J connectivity index is 3.20. The zero-order valence-corrected chi connectivity index (χ0v) is 15.9. The van der Waals surface area contributed by atoms with Gasteiger partial charge < -0.3 is 4.74 Å². The summed E-state index contributed by atoms with van der Waals surface area (Å²) >= 11 is 0. The third kappa shape index (κ3) is 6.05. The molecule has 0 N–H and O–H groups in total. The molecule has 1 amide bonds. The molecule has 0 atom stereocenters. The minimum atomic E-state index is -4.67. The summed E-state index contributed by atoms with van der Waals surface area (Å²) in [5.41, 5.74) is -1.36. The van der Waals surface area contributed by atoms with Crippen molar-refractivity contribution >= 4 is 16.1 Å². The Morgan fingerprint density at radius 3 is 2.08 bits per heavy atom. The Morgan fingerprint density at radius 1 is 1.15 bits per heavy atom. The van der Waals surface area contributed by atoms with Crippen molar-refractivity contribution in [3.8, 4) is 0 Å². The number of halogens is 3. The van der Waals surface area contributed by atoms with E-state index >= 15 is 0 Å². The van der Waals surface area contributed by atoms with Crippen molar-refractivity contribution in [3.05, 3.63) is 42.0 Å². The van der Waals surface area contributed by atoms with Gasteiger partial charge >= 0.3 is 12.3 Å². The van der Waals surface area contributed by atoms with Gasteiger partial charge in [0.25, 0.3) is 10.0 Å². The van der Waals surface area contributed by atoms with E-state index < -0.39 is 46.4 Å². The van der Waals surface area contributed by atoms with Crippen LogP contribution in [-0.4, -0.2) is 37.1 Å². The largest absolute Gasteiger partial charge is 0.443 e. The lowest BCUT2D eigenvalue weighted by molar-refractivity contribution is -0.0939. The third-order valence-electron chi connectivity index (χ3n) is 3.22. The van der Waals surface area contributed by atoms with Crippen molar-refractivity contribution in [3.63, 3.8) is 0 Å². The van der Waals surface area contributed by atoms with E-state index in [1.807, 2.05) is 0 Å². The molecule has 26 heavy (non-hydrogen) atoms. The summed E-state index contributed by atoms with van der Waals surface area (Å²) < 4.78 is 68.8. The number of amides is 1. The minimum Gasteiger partial charge on any atom is -0.443 e. The summed E-state index contributed by atoms with van der Waals surface area (Å²) in [6.07, 6.45) is -6.67. The number of benzene rings is 1. The van der Waals surface area contributed by atoms with Gasteiger partial charge in [0, 0.05) is 12.1 Å². The molecule has 9 heteroatoms.